The van der Waals surface area contributed by atoms with Crippen LogP contribution in [-0.2, 0) is 17.6 Å². The number of aromatic nitrogens is 2. The van der Waals surface area contributed by atoms with Crippen molar-refractivity contribution in [1.82, 2.24) is 14.9 Å². The van der Waals surface area contributed by atoms with Gasteiger partial charge < -0.3 is 14.5 Å². The zero-order chi connectivity index (χ0) is 19.2. The largest absolute Gasteiger partial charge is 0.444 e. The number of fused-ring (bicyclic) bond motifs is 3. The van der Waals surface area contributed by atoms with Crippen LogP contribution in [0.5, 0.6) is 0 Å². The third-order valence-corrected chi connectivity index (χ3v) is 6.32. The molecular weight excluding hydrogens is 384 g/mol. The highest BCUT2D eigenvalue weighted by Crippen LogP contribution is 2.41. The number of aryl methyl sites for hydroxylation is 2. The number of amides is 1. The third kappa shape index (κ3) is 3.85. The van der Waals surface area contributed by atoms with E-state index in [1.165, 1.54) is 22.2 Å². The average Bonchev–Trinajstić information content (AvgIpc) is 3.04. The summed E-state index contributed by atoms with van der Waals surface area (Å²) in [5.74, 6) is 0.926. The fraction of sp³-hybridized carbons (Fsp3) is 0.632. The first kappa shape index (κ1) is 18.7. The van der Waals surface area contributed by atoms with Gasteiger partial charge in [0.15, 0.2) is 0 Å². The van der Waals surface area contributed by atoms with Gasteiger partial charge in [0, 0.05) is 31.1 Å². The van der Waals surface area contributed by atoms with E-state index < -0.39 is 5.60 Å². The maximum atomic E-state index is 12.4. The monoisotopic (exact) mass is 408 g/mol. The number of rotatable bonds is 1. The lowest BCUT2D eigenvalue weighted by Gasteiger charge is -2.27. The van der Waals surface area contributed by atoms with E-state index in [1.54, 1.807) is 16.2 Å². The summed E-state index contributed by atoms with van der Waals surface area (Å²) in [6.07, 6.45) is 4.04. The third-order valence-electron chi connectivity index (χ3n) is 4.97. The number of anilines is 1. The highest BCUT2D eigenvalue weighted by Gasteiger charge is 2.28. The number of carbonyl (C=O) groups is 1. The van der Waals surface area contributed by atoms with Gasteiger partial charge in [0.2, 0.25) is 5.28 Å². The first-order valence-electron chi connectivity index (χ1n) is 9.52. The molecule has 8 heteroatoms. The molecule has 3 heterocycles. The smallest absolute Gasteiger partial charge is 0.410 e. The fourth-order valence-electron chi connectivity index (χ4n) is 3.82. The number of hydrogen-bond donors (Lipinski definition) is 0. The number of hydrogen-bond acceptors (Lipinski definition) is 6. The molecule has 1 aliphatic heterocycles. The van der Waals surface area contributed by atoms with Crippen LogP contribution in [0, 0.1) is 0 Å². The quantitative estimate of drug-likeness (QED) is 0.659. The van der Waals surface area contributed by atoms with Crippen molar-refractivity contribution >= 4 is 45.1 Å². The lowest BCUT2D eigenvalue weighted by atomic mass is 10.2. The second-order valence-electron chi connectivity index (χ2n) is 8.16. The van der Waals surface area contributed by atoms with E-state index in [0.29, 0.717) is 24.9 Å². The average molecular weight is 409 g/mol. The molecule has 2 aromatic rings. The van der Waals surface area contributed by atoms with Crippen LogP contribution in [-0.4, -0.2) is 52.7 Å². The van der Waals surface area contributed by atoms with Crippen LogP contribution in [0.25, 0.3) is 10.2 Å². The molecule has 1 saturated heterocycles. The van der Waals surface area contributed by atoms with Crippen LogP contribution in [0.1, 0.15) is 44.1 Å². The molecule has 0 unspecified atom stereocenters. The van der Waals surface area contributed by atoms with Crippen molar-refractivity contribution in [3.8, 4) is 0 Å². The number of thiophene rings is 1. The maximum Gasteiger partial charge on any atom is 0.410 e. The molecule has 0 aromatic carbocycles. The first-order chi connectivity index (χ1) is 12.8. The standard InChI is InChI=1S/C19H25ClN4O2S/c1-19(2,3)26-18(25)24-9-5-8-23(10-11-24)15-14-12-6-4-7-13(12)27-16(14)22-17(20)21-15/h4-11H2,1-3H3. The van der Waals surface area contributed by atoms with Crippen molar-refractivity contribution in [3.05, 3.63) is 15.7 Å². The van der Waals surface area contributed by atoms with Crippen molar-refractivity contribution in [1.29, 1.82) is 0 Å². The van der Waals surface area contributed by atoms with Gasteiger partial charge in [-0.05, 0) is 63.6 Å². The summed E-state index contributed by atoms with van der Waals surface area (Å²) < 4.78 is 5.53. The van der Waals surface area contributed by atoms with Gasteiger partial charge in [-0.25, -0.2) is 9.78 Å². The van der Waals surface area contributed by atoms with E-state index in [9.17, 15) is 4.79 Å². The Morgan fingerprint density at radius 3 is 2.70 bits per heavy atom. The van der Waals surface area contributed by atoms with Gasteiger partial charge in [-0.15, -0.1) is 11.3 Å². The first-order valence-corrected chi connectivity index (χ1v) is 10.7. The van der Waals surface area contributed by atoms with Crippen molar-refractivity contribution in [3.63, 3.8) is 0 Å². The summed E-state index contributed by atoms with van der Waals surface area (Å²) >= 11 is 7.98. The zero-order valence-corrected chi connectivity index (χ0v) is 17.6. The van der Waals surface area contributed by atoms with Gasteiger partial charge >= 0.3 is 6.09 Å². The van der Waals surface area contributed by atoms with Gasteiger partial charge in [-0.1, -0.05) is 0 Å². The Labute approximate surface area is 168 Å². The molecule has 0 bridgehead atoms. The van der Waals surface area contributed by atoms with Crippen LogP contribution in [0.15, 0.2) is 0 Å². The molecule has 6 nitrogen and oxygen atoms in total. The predicted molar refractivity (Wildman–Crippen MR) is 109 cm³/mol. The molecule has 0 saturated carbocycles. The van der Waals surface area contributed by atoms with Gasteiger partial charge in [-0.3, -0.25) is 0 Å². The van der Waals surface area contributed by atoms with Gasteiger partial charge in [-0.2, -0.15) is 4.98 Å². The van der Waals surface area contributed by atoms with Crippen molar-refractivity contribution < 1.29 is 9.53 Å². The highest BCUT2D eigenvalue weighted by molar-refractivity contribution is 7.19. The molecule has 1 fully saturated rings. The van der Waals surface area contributed by atoms with E-state index >= 15 is 0 Å². The summed E-state index contributed by atoms with van der Waals surface area (Å²) in [6.45, 7) is 8.54. The summed E-state index contributed by atoms with van der Waals surface area (Å²) in [6, 6.07) is 0. The molecule has 2 aliphatic rings. The molecule has 0 atom stereocenters. The van der Waals surface area contributed by atoms with Crippen molar-refractivity contribution in [2.75, 3.05) is 31.1 Å². The number of carbonyl (C=O) groups excluding carboxylic acids is 1. The van der Waals surface area contributed by atoms with E-state index in [2.05, 4.69) is 14.9 Å². The Morgan fingerprint density at radius 2 is 1.93 bits per heavy atom. The second kappa shape index (κ2) is 7.09. The number of halogens is 1. The van der Waals surface area contributed by atoms with E-state index in [4.69, 9.17) is 16.3 Å². The molecule has 146 valence electrons. The second-order valence-corrected chi connectivity index (χ2v) is 9.58. The molecular formula is C19H25ClN4O2S. The molecule has 0 N–H and O–H groups in total. The maximum absolute atomic E-state index is 12.4. The SMILES string of the molecule is CC(C)(C)OC(=O)N1CCCN(c2nc(Cl)nc3sc4c(c23)CCC4)CC1. The van der Waals surface area contributed by atoms with E-state index in [0.717, 1.165) is 36.5 Å². The van der Waals surface area contributed by atoms with Crippen molar-refractivity contribution in [2.24, 2.45) is 0 Å². The van der Waals surface area contributed by atoms with E-state index in [-0.39, 0.29) is 6.09 Å². The Bertz CT molecular complexity index is 877. The van der Waals surface area contributed by atoms with Crippen LogP contribution < -0.4 is 4.90 Å². The topological polar surface area (TPSA) is 58.6 Å². The number of nitrogens with zero attached hydrogens (tertiary/aromatic N) is 4. The lowest BCUT2D eigenvalue weighted by molar-refractivity contribution is 0.0263. The minimum absolute atomic E-state index is 0.244. The predicted octanol–water partition coefficient (Wildman–Crippen LogP) is 4.28. The fourth-order valence-corrected chi connectivity index (χ4v) is 5.29. The summed E-state index contributed by atoms with van der Waals surface area (Å²) in [5, 5.41) is 1.47. The normalized spacial score (nSPS) is 17.9. The Morgan fingerprint density at radius 1 is 1.11 bits per heavy atom. The Balaban J connectivity index is 1.59. The van der Waals surface area contributed by atoms with Gasteiger partial charge in [0.05, 0.1) is 5.39 Å². The highest BCUT2D eigenvalue weighted by atomic mass is 35.5. The van der Waals surface area contributed by atoms with E-state index in [1.807, 2.05) is 20.8 Å². The summed E-state index contributed by atoms with van der Waals surface area (Å²) in [4.78, 5) is 28.0. The lowest BCUT2D eigenvalue weighted by Crippen LogP contribution is -2.39. The minimum Gasteiger partial charge on any atom is -0.444 e. The van der Waals surface area contributed by atoms with Crippen LogP contribution in [0.4, 0.5) is 10.6 Å². The molecule has 0 radical (unpaired) electrons. The Kier molecular flexibility index (Phi) is 4.93. The van der Waals surface area contributed by atoms with Crippen LogP contribution in [0.2, 0.25) is 5.28 Å². The molecule has 0 spiro atoms. The molecule has 27 heavy (non-hydrogen) atoms. The molecule has 2 aromatic heterocycles. The van der Waals surface area contributed by atoms with Crippen molar-refractivity contribution in [2.45, 2.75) is 52.1 Å². The summed E-state index contributed by atoms with van der Waals surface area (Å²) in [5.41, 5.74) is 0.919. The molecule has 4 rings (SSSR count). The molecule has 1 aliphatic carbocycles. The van der Waals surface area contributed by atoms with Gasteiger partial charge in [0.1, 0.15) is 16.2 Å². The minimum atomic E-state index is -0.480. The number of ether oxygens (including phenoxy) is 1. The Hall–Kier alpha value is -1.60. The van der Waals surface area contributed by atoms with Crippen LogP contribution >= 0.6 is 22.9 Å². The van der Waals surface area contributed by atoms with Crippen LogP contribution in [0.3, 0.4) is 0 Å². The molecule has 1 amide bonds. The van der Waals surface area contributed by atoms with Gasteiger partial charge in [0.25, 0.3) is 0 Å². The zero-order valence-electron chi connectivity index (χ0n) is 16.0. The summed E-state index contributed by atoms with van der Waals surface area (Å²) in [7, 11) is 0.